The number of nitrogens with zero attached hydrogens (tertiary/aromatic N) is 1. The predicted octanol–water partition coefficient (Wildman–Crippen LogP) is 2.26. The second-order valence-electron chi connectivity index (χ2n) is 6.32. The predicted molar refractivity (Wildman–Crippen MR) is 92.9 cm³/mol. The van der Waals surface area contributed by atoms with E-state index in [0.717, 1.165) is 31.2 Å². The molecule has 1 aromatic carbocycles. The fourth-order valence-corrected chi connectivity index (χ4v) is 3.58. The van der Waals surface area contributed by atoms with Crippen molar-refractivity contribution < 1.29 is 19.0 Å². The van der Waals surface area contributed by atoms with Gasteiger partial charge in [-0.1, -0.05) is 6.07 Å². The quantitative estimate of drug-likeness (QED) is 0.639. The van der Waals surface area contributed by atoms with Gasteiger partial charge in [0, 0.05) is 13.2 Å². The fourth-order valence-electron chi connectivity index (χ4n) is 3.58. The van der Waals surface area contributed by atoms with Crippen molar-refractivity contribution in [3.63, 3.8) is 0 Å². The number of nitrogens with one attached hydrogen (secondary N) is 1. The number of ether oxygens (including phenoxy) is 3. The van der Waals surface area contributed by atoms with Crippen LogP contribution < -0.4 is 10.4 Å². The number of H-pyrrole nitrogens is 1. The number of aromatic nitrogens is 2. The summed E-state index contributed by atoms with van der Waals surface area (Å²) in [6, 6.07) is 5.72. The largest absolute Gasteiger partial charge is 0.489 e. The first-order chi connectivity index (χ1) is 12.2. The lowest BCUT2D eigenvalue weighted by Gasteiger charge is -2.27. The number of rotatable bonds is 6. The van der Waals surface area contributed by atoms with Gasteiger partial charge in [0.15, 0.2) is 0 Å². The third-order valence-electron chi connectivity index (χ3n) is 4.86. The first-order valence-electron chi connectivity index (χ1n) is 8.58. The number of esters is 1. The number of hydrogen-bond acceptors (Lipinski definition) is 5. The van der Waals surface area contributed by atoms with Crippen LogP contribution in [0.1, 0.15) is 31.7 Å². The minimum atomic E-state index is -0.154. The van der Waals surface area contributed by atoms with Crippen molar-refractivity contribution >= 4 is 17.0 Å². The summed E-state index contributed by atoms with van der Waals surface area (Å²) < 4.78 is 17.3. The smallest absolute Gasteiger partial charge is 0.326 e. The summed E-state index contributed by atoms with van der Waals surface area (Å²) >= 11 is 0. The number of imidazole rings is 1. The van der Waals surface area contributed by atoms with Crippen LogP contribution in [0.3, 0.4) is 0 Å². The lowest BCUT2D eigenvalue weighted by Crippen LogP contribution is -2.29. The zero-order chi connectivity index (χ0) is 17.8. The van der Waals surface area contributed by atoms with Crippen LogP contribution in [0.4, 0.5) is 0 Å². The Hall–Kier alpha value is -2.28. The highest BCUT2D eigenvalue weighted by molar-refractivity contribution is 5.82. The summed E-state index contributed by atoms with van der Waals surface area (Å²) in [7, 11) is 3.04. The van der Waals surface area contributed by atoms with Crippen LogP contribution in [-0.4, -0.2) is 43.0 Å². The molecule has 7 heteroatoms. The lowest BCUT2D eigenvalue weighted by molar-refractivity contribution is -0.146. The number of carbonyl (C=O) groups excluding carboxylic acids is 1. The number of carbonyl (C=O) groups is 1. The molecule has 1 heterocycles. The molecule has 1 saturated carbocycles. The Morgan fingerprint density at radius 3 is 2.64 bits per heavy atom. The summed E-state index contributed by atoms with van der Waals surface area (Å²) in [5, 5.41) is 0. The van der Waals surface area contributed by atoms with Crippen LogP contribution in [0.25, 0.3) is 11.0 Å². The van der Waals surface area contributed by atoms with Crippen LogP contribution in [0, 0.1) is 5.92 Å². The van der Waals surface area contributed by atoms with E-state index in [1.807, 2.05) is 18.2 Å². The average molecular weight is 348 g/mol. The molecule has 0 radical (unpaired) electrons. The van der Waals surface area contributed by atoms with E-state index in [1.165, 1.54) is 7.11 Å². The van der Waals surface area contributed by atoms with Crippen LogP contribution in [0.5, 0.6) is 5.75 Å². The molecule has 3 rings (SSSR count). The van der Waals surface area contributed by atoms with Crippen molar-refractivity contribution in [2.45, 2.75) is 31.7 Å². The van der Waals surface area contributed by atoms with Gasteiger partial charge in [-0.05, 0) is 37.8 Å². The molecule has 1 aromatic heterocycles. The van der Waals surface area contributed by atoms with Crippen molar-refractivity contribution in [2.75, 3.05) is 27.4 Å². The molecule has 136 valence electrons. The van der Waals surface area contributed by atoms with Gasteiger partial charge in [-0.3, -0.25) is 9.36 Å². The van der Waals surface area contributed by atoms with Gasteiger partial charge in [0.25, 0.3) is 0 Å². The molecule has 25 heavy (non-hydrogen) atoms. The SMILES string of the molecule is COCCOc1cccc2c1[nH]c(=O)n2C1CCC(C(=O)OC)CC1. The molecule has 0 atom stereocenters. The van der Waals surface area contributed by atoms with Crippen molar-refractivity contribution in [1.29, 1.82) is 0 Å². The van der Waals surface area contributed by atoms with E-state index < -0.39 is 0 Å². The summed E-state index contributed by atoms with van der Waals surface area (Å²) in [5.74, 6) is 0.433. The molecule has 7 nitrogen and oxygen atoms in total. The van der Waals surface area contributed by atoms with E-state index in [0.29, 0.717) is 24.5 Å². The number of methoxy groups -OCH3 is 2. The van der Waals surface area contributed by atoms with Gasteiger partial charge >= 0.3 is 11.7 Å². The van der Waals surface area contributed by atoms with Gasteiger partial charge < -0.3 is 19.2 Å². The zero-order valence-corrected chi connectivity index (χ0v) is 14.6. The molecule has 0 unspecified atom stereocenters. The lowest BCUT2D eigenvalue weighted by atomic mass is 9.86. The molecule has 0 spiro atoms. The molecule has 1 N–H and O–H groups in total. The Morgan fingerprint density at radius 2 is 1.96 bits per heavy atom. The molecule has 2 aromatic rings. The highest BCUT2D eigenvalue weighted by atomic mass is 16.5. The van der Waals surface area contributed by atoms with E-state index in [1.54, 1.807) is 11.7 Å². The molecule has 0 saturated heterocycles. The Balaban J connectivity index is 1.83. The normalized spacial score (nSPS) is 20.6. The first kappa shape index (κ1) is 17.5. The Labute approximate surface area is 145 Å². The maximum atomic E-state index is 12.5. The molecule has 0 amide bonds. The van der Waals surface area contributed by atoms with Crippen LogP contribution in [-0.2, 0) is 14.3 Å². The van der Waals surface area contributed by atoms with Crippen LogP contribution in [0.2, 0.25) is 0 Å². The number of aromatic amines is 1. The number of hydrogen-bond donors (Lipinski definition) is 1. The maximum Gasteiger partial charge on any atom is 0.326 e. The fraction of sp³-hybridized carbons (Fsp3) is 0.556. The molecule has 1 aliphatic rings. The van der Waals surface area contributed by atoms with E-state index in [4.69, 9.17) is 14.2 Å². The maximum absolute atomic E-state index is 12.5. The van der Waals surface area contributed by atoms with Crippen LogP contribution in [0.15, 0.2) is 23.0 Å². The number of benzene rings is 1. The number of fused-ring (bicyclic) bond motifs is 1. The van der Waals surface area contributed by atoms with Crippen molar-refractivity contribution in [3.8, 4) is 5.75 Å². The third-order valence-corrected chi connectivity index (χ3v) is 4.86. The Bertz CT molecular complexity index is 786. The summed E-state index contributed by atoms with van der Waals surface area (Å²) in [6.07, 6.45) is 3.03. The second kappa shape index (κ2) is 7.74. The molecule has 0 aliphatic heterocycles. The summed E-state index contributed by atoms with van der Waals surface area (Å²) in [4.78, 5) is 27.1. The number of para-hydroxylation sites is 1. The van der Waals surface area contributed by atoms with Gasteiger partial charge in [-0.25, -0.2) is 4.79 Å². The van der Waals surface area contributed by atoms with Crippen molar-refractivity contribution in [1.82, 2.24) is 9.55 Å². The van der Waals surface area contributed by atoms with E-state index in [2.05, 4.69) is 4.98 Å². The summed E-state index contributed by atoms with van der Waals surface area (Å²) in [5.41, 5.74) is 1.40. The van der Waals surface area contributed by atoms with Gasteiger partial charge in [-0.2, -0.15) is 0 Å². The average Bonchev–Trinajstić information content (AvgIpc) is 2.98. The van der Waals surface area contributed by atoms with E-state index >= 15 is 0 Å². The molecule has 1 fully saturated rings. The second-order valence-corrected chi connectivity index (χ2v) is 6.32. The highest BCUT2D eigenvalue weighted by Gasteiger charge is 2.29. The molecule has 0 bridgehead atoms. The standard InChI is InChI=1S/C18H24N2O5/c1-23-10-11-25-15-5-3-4-14-16(15)19-18(22)20(14)13-8-6-12(7-9-13)17(21)24-2/h3-5,12-13H,6-11H2,1-2H3,(H,19,22). The Morgan fingerprint density at radius 1 is 1.20 bits per heavy atom. The van der Waals surface area contributed by atoms with Crippen LogP contribution >= 0.6 is 0 Å². The van der Waals surface area contributed by atoms with Gasteiger partial charge in [0.05, 0.1) is 25.2 Å². The molecular weight excluding hydrogens is 324 g/mol. The summed E-state index contributed by atoms with van der Waals surface area (Å²) in [6.45, 7) is 0.909. The monoisotopic (exact) mass is 348 g/mol. The van der Waals surface area contributed by atoms with Gasteiger partial charge in [0.2, 0.25) is 0 Å². The van der Waals surface area contributed by atoms with E-state index in [-0.39, 0.29) is 23.6 Å². The topological polar surface area (TPSA) is 82.5 Å². The van der Waals surface area contributed by atoms with Gasteiger partial charge in [-0.15, -0.1) is 0 Å². The zero-order valence-electron chi connectivity index (χ0n) is 14.6. The Kier molecular flexibility index (Phi) is 5.43. The highest BCUT2D eigenvalue weighted by Crippen LogP contribution is 2.34. The molecular formula is C18H24N2O5. The van der Waals surface area contributed by atoms with E-state index in [9.17, 15) is 9.59 Å². The molecule has 1 aliphatic carbocycles. The third kappa shape index (κ3) is 3.56. The van der Waals surface area contributed by atoms with Crippen molar-refractivity contribution in [2.24, 2.45) is 5.92 Å². The van der Waals surface area contributed by atoms with Gasteiger partial charge in [0.1, 0.15) is 17.9 Å². The minimum Gasteiger partial charge on any atom is -0.489 e. The van der Waals surface area contributed by atoms with Crippen molar-refractivity contribution in [3.05, 3.63) is 28.7 Å². The first-order valence-corrected chi connectivity index (χ1v) is 8.58. The minimum absolute atomic E-state index is 0.0601.